The van der Waals surface area contributed by atoms with Gasteiger partial charge in [0.15, 0.2) is 11.6 Å². The van der Waals surface area contributed by atoms with Crippen LogP contribution in [0.2, 0.25) is 0 Å². The van der Waals surface area contributed by atoms with Gasteiger partial charge in [-0.15, -0.1) is 0 Å². The van der Waals surface area contributed by atoms with Gasteiger partial charge in [0.2, 0.25) is 5.91 Å². The molecule has 0 saturated carbocycles. The molecule has 0 aromatic carbocycles. The maximum absolute atomic E-state index is 10.6. The molecule has 0 aliphatic heterocycles. The fourth-order valence-electron chi connectivity index (χ4n) is 1.12. The molecule has 0 fully saturated rings. The van der Waals surface area contributed by atoms with Crippen LogP contribution in [0.15, 0.2) is 18.3 Å². The minimum atomic E-state index is -0.0415. The molecule has 1 aromatic rings. The summed E-state index contributed by atoms with van der Waals surface area (Å²) in [6.07, 6.45) is 6.01. The number of nitrogens with two attached hydrogens (primary N) is 1. The van der Waals surface area contributed by atoms with E-state index in [1.165, 1.54) is 13.0 Å². The SMILES string of the molecule is CC(=O)NCCC=Cc1cnc(N)c(O)c1. The van der Waals surface area contributed by atoms with Gasteiger partial charge in [0.25, 0.3) is 0 Å². The van der Waals surface area contributed by atoms with Crippen LogP contribution < -0.4 is 11.1 Å². The molecule has 5 nitrogen and oxygen atoms in total. The molecule has 1 aromatic heterocycles. The predicted octanol–water partition coefficient (Wildman–Crippen LogP) is 0.909. The molecule has 1 rings (SSSR count). The van der Waals surface area contributed by atoms with Crippen molar-refractivity contribution in [2.24, 2.45) is 0 Å². The lowest BCUT2D eigenvalue weighted by atomic mass is 10.2. The summed E-state index contributed by atoms with van der Waals surface area (Å²) in [5.41, 5.74) is 6.14. The van der Waals surface area contributed by atoms with Crippen LogP contribution in [0.5, 0.6) is 5.75 Å². The molecular weight excluding hydrogens is 206 g/mol. The largest absolute Gasteiger partial charge is 0.504 e. The van der Waals surface area contributed by atoms with E-state index in [0.29, 0.717) is 6.54 Å². The Hall–Kier alpha value is -2.04. The number of amides is 1. The molecule has 0 bridgehead atoms. The van der Waals surface area contributed by atoms with Crippen molar-refractivity contribution in [1.29, 1.82) is 0 Å². The van der Waals surface area contributed by atoms with E-state index in [1.807, 2.05) is 12.2 Å². The molecule has 0 aliphatic carbocycles. The number of aromatic nitrogens is 1. The van der Waals surface area contributed by atoms with Crippen LogP contribution in [0, 0.1) is 0 Å². The maximum Gasteiger partial charge on any atom is 0.216 e. The second-order valence-electron chi connectivity index (χ2n) is 3.35. The van der Waals surface area contributed by atoms with Crippen LogP contribution in [0.1, 0.15) is 18.9 Å². The molecule has 5 heteroatoms. The number of aromatic hydroxyl groups is 1. The summed E-state index contributed by atoms with van der Waals surface area (Å²) < 4.78 is 0. The van der Waals surface area contributed by atoms with E-state index in [9.17, 15) is 9.90 Å². The van der Waals surface area contributed by atoms with Gasteiger partial charge < -0.3 is 16.2 Å². The standard InChI is InChI=1S/C11H15N3O2/c1-8(15)13-5-3-2-4-9-6-10(16)11(12)14-7-9/h2,4,6-7,16H,3,5H2,1H3,(H2,12,14)(H,13,15). The van der Waals surface area contributed by atoms with Crippen molar-refractivity contribution >= 4 is 17.8 Å². The second kappa shape index (κ2) is 5.75. The summed E-state index contributed by atoms with van der Waals surface area (Å²) in [7, 11) is 0. The molecule has 4 N–H and O–H groups in total. The van der Waals surface area contributed by atoms with E-state index < -0.39 is 0 Å². The number of anilines is 1. The molecule has 16 heavy (non-hydrogen) atoms. The van der Waals surface area contributed by atoms with Crippen LogP contribution in [0.25, 0.3) is 6.08 Å². The topological polar surface area (TPSA) is 88.2 Å². The Balaban J connectivity index is 2.44. The molecular formula is C11H15N3O2. The van der Waals surface area contributed by atoms with E-state index in [4.69, 9.17) is 5.73 Å². The second-order valence-corrected chi connectivity index (χ2v) is 3.35. The number of nitrogen functional groups attached to an aromatic ring is 1. The van der Waals surface area contributed by atoms with Gasteiger partial charge >= 0.3 is 0 Å². The number of hydrogen-bond acceptors (Lipinski definition) is 4. The van der Waals surface area contributed by atoms with E-state index in [1.54, 1.807) is 6.20 Å². The molecule has 0 saturated heterocycles. The minimum absolute atomic E-state index is 0.0241. The summed E-state index contributed by atoms with van der Waals surface area (Å²) in [6, 6.07) is 1.54. The third-order valence-electron chi connectivity index (χ3n) is 1.91. The summed E-state index contributed by atoms with van der Waals surface area (Å²) in [5.74, 6) is 0.0552. The number of pyridine rings is 1. The van der Waals surface area contributed by atoms with Crippen LogP contribution in [-0.2, 0) is 4.79 Å². The zero-order chi connectivity index (χ0) is 12.0. The quantitative estimate of drug-likeness (QED) is 0.659. The molecule has 0 spiro atoms. The Labute approximate surface area is 94.0 Å². The number of nitrogens with zero attached hydrogens (tertiary/aromatic N) is 1. The van der Waals surface area contributed by atoms with E-state index in [0.717, 1.165) is 12.0 Å². The van der Waals surface area contributed by atoms with Gasteiger partial charge in [-0.3, -0.25) is 4.79 Å². The number of carbonyl (C=O) groups is 1. The average Bonchev–Trinajstić information content (AvgIpc) is 2.22. The van der Waals surface area contributed by atoms with Gasteiger partial charge in [0.05, 0.1) is 0 Å². The fourth-order valence-corrected chi connectivity index (χ4v) is 1.12. The first-order valence-corrected chi connectivity index (χ1v) is 4.95. The molecule has 0 unspecified atom stereocenters. The Morgan fingerprint density at radius 2 is 2.44 bits per heavy atom. The number of hydrogen-bond donors (Lipinski definition) is 3. The molecule has 1 heterocycles. The van der Waals surface area contributed by atoms with Crippen molar-refractivity contribution in [1.82, 2.24) is 10.3 Å². The summed E-state index contributed by atoms with van der Waals surface area (Å²) in [6.45, 7) is 2.08. The first-order valence-electron chi connectivity index (χ1n) is 4.95. The van der Waals surface area contributed by atoms with E-state index in [2.05, 4.69) is 10.3 Å². The highest BCUT2D eigenvalue weighted by Gasteiger charge is 1.97. The third-order valence-corrected chi connectivity index (χ3v) is 1.91. The monoisotopic (exact) mass is 221 g/mol. The lowest BCUT2D eigenvalue weighted by Gasteiger charge is -1.99. The van der Waals surface area contributed by atoms with E-state index in [-0.39, 0.29) is 17.5 Å². The van der Waals surface area contributed by atoms with Crippen molar-refractivity contribution in [3.05, 3.63) is 23.9 Å². The molecule has 86 valence electrons. The van der Waals surface area contributed by atoms with Gasteiger partial charge in [0, 0.05) is 19.7 Å². The summed E-state index contributed by atoms with van der Waals surface area (Å²) >= 11 is 0. The minimum Gasteiger partial charge on any atom is -0.504 e. The van der Waals surface area contributed by atoms with Gasteiger partial charge in [-0.1, -0.05) is 12.2 Å². The van der Waals surface area contributed by atoms with Gasteiger partial charge in [-0.05, 0) is 18.1 Å². The lowest BCUT2D eigenvalue weighted by Crippen LogP contribution is -2.20. The maximum atomic E-state index is 10.6. The van der Waals surface area contributed by atoms with Crippen molar-refractivity contribution in [2.45, 2.75) is 13.3 Å². The molecule has 0 aliphatic rings. The first-order chi connectivity index (χ1) is 7.59. The third kappa shape index (κ3) is 4.00. The van der Waals surface area contributed by atoms with Crippen molar-refractivity contribution in [2.75, 3.05) is 12.3 Å². The van der Waals surface area contributed by atoms with Gasteiger partial charge in [-0.2, -0.15) is 0 Å². The number of rotatable bonds is 4. The van der Waals surface area contributed by atoms with Crippen LogP contribution >= 0.6 is 0 Å². The van der Waals surface area contributed by atoms with Crippen molar-refractivity contribution < 1.29 is 9.90 Å². The van der Waals surface area contributed by atoms with Crippen molar-refractivity contribution in [3.63, 3.8) is 0 Å². The Morgan fingerprint density at radius 3 is 3.06 bits per heavy atom. The lowest BCUT2D eigenvalue weighted by molar-refractivity contribution is -0.118. The Morgan fingerprint density at radius 1 is 1.69 bits per heavy atom. The van der Waals surface area contributed by atoms with Crippen LogP contribution in [0.3, 0.4) is 0 Å². The normalized spacial score (nSPS) is 10.6. The smallest absolute Gasteiger partial charge is 0.216 e. The molecule has 0 atom stereocenters. The zero-order valence-electron chi connectivity index (χ0n) is 9.10. The summed E-state index contributed by atoms with van der Waals surface area (Å²) in [5, 5.41) is 12.0. The predicted molar refractivity (Wildman–Crippen MR) is 62.6 cm³/mol. The highest BCUT2D eigenvalue weighted by molar-refractivity contribution is 5.72. The first kappa shape index (κ1) is 12.0. The highest BCUT2D eigenvalue weighted by atomic mass is 16.3. The zero-order valence-corrected chi connectivity index (χ0v) is 9.10. The van der Waals surface area contributed by atoms with E-state index >= 15 is 0 Å². The highest BCUT2D eigenvalue weighted by Crippen LogP contribution is 2.18. The van der Waals surface area contributed by atoms with Crippen molar-refractivity contribution in [3.8, 4) is 5.75 Å². The van der Waals surface area contributed by atoms with Gasteiger partial charge in [0.1, 0.15) is 0 Å². The average molecular weight is 221 g/mol. The van der Waals surface area contributed by atoms with Crippen LogP contribution in [-0.4, -0.2) is 22.5 Å². The Bertz CT molecular complexity index is 402. The van der Waals surface area contributed by atoms with Crippen LogP contribution in [0.4, 0.5) is 5.82 Å². The molecule has 0 radical (unpaired) electrons. The molecule has 1 amide bonds. The summed E-state index contributed by atoms with van der Waals surface area (Å²) in [4.78, 5) is 14.4. The van der Waals surface area contributed by atoms with Gasteiger partial charge in [-0.25, -0.2) is 4.98 Å². The Kier molecular flexibility index (Phi) is 4.32. The number of carbonyl (C=O) groups excluding carboxylic acids is 1. The number of nitrogens with one attached hydrogen (secondary N) is 1. The fraction of sp³-hybridized carbons (Fsp3) is 0.273.